The van der Waals surface area contributed by atoms with Crippen molar-refractivity contribution in [2.24, 2.45) is 0 Å². The molecule has 2 heterocycles. The van der Waals surface area contributed by atoms with Crippen molar-refractivity contribution >= 4 is 10.8 Å². The lowest BCUT2D eigenvalue weighted by molar-refractivity contribution is 0.573. The molecular formula is C24H30N4OS. The summed E-state index contributed by atoms with van der Waals surface area (Å²) < 4.78 is 12.9. The molecule has 0 radical (unpaired) electrons. The van der Waals surface area contributed by atoms with Gasteiger partial charge < -0.3 is 10.6 Å². The van der Waals surface area contributed by atoms with Crippen LogP contribution in [-0.4, -0.2) is 27.3 Å². The molecule has 5 nitrogen and oxygen atoms in total. The normalized spacial score (nSPS) is 12.1. The summed E-state index contributed by atoms with van der Waals surface area (Å²) in [6.07, 6.45) is 5.83. The van der Waals surface area contributed by atoms with E-state index in [9.17, 15) is 4.21 Å². The van der Waals surface area contributed by atoms with E-state index in [0.717, 1.165) is 53.7 Å². The Bertz CT molecular complexity index is 962. The number of hydrogen-bond donors (Lipinski definition) is 2. The maximum atomic E-state index is 12.9. The zero-order valence-electron chi connectivity index (χ0n) is 17.7. The molecule has 0 saturated carbocycles. The number of aromatic nitrogens is 2. The lowest BCUT2D eigenvalue weighted by Crippen LogP contribution is -2.20. The van der Waals surface area contributed by atoms with Crippen LogP contribution >= 0.6 is 0 Å². The Morgan fingerprint density at radius 1 is 0.867 bits per heavy atom. The highest BCUT2D eigenvalue weighted by atomic mass is 32.2. The molecule has 0 aliphatic carbocycles. The Kier molecular flexibility index (Phi) is 8.68. The second-order valence-corrected chi connectivity index (χ2v) is 8.82. The highest BCUT2D eigenvalue weighted by molar-refractivity contribution is 7.85. The maximum absolute atomic E-state index is 12.9. The third-order valence-electron chi connectivity index (χ3n) is 4.87. The van der Waals surface area contributed by atoms with Crippen molar-refractivity contribution < 1.29 is 4.21 Å². The summed E-state index contributed by atoms with van der Waals surface area (Å²) in [6.45, 7) is 7.47. The monoisotopic (exact) mass is 422 g/mol. The van der Waals surface area contributed by atoms with E-state index < -0.39 is 10.8 Å². The Morgan fingerprint density at radius 3 is 2.27 bits per heavy atom. The standard InChI is InChI=1S/C24H30N4OS/c1-19-15-20(2)22(28-16-19)17-25-12-6-7-13-26-18-23-24(11-8-14-27-23)30(29)21-9-4-3-5-10-21/h3-5,8-11,14-16,25-26H,6-7,12-13,17-18H2,1-2H3. The largest absolute Gasteiger partial charge is 0.311 e. The summed E-state index contributed by atoms with van der Waals surface area (Å²) >= 11 is 0. The minimum absolute atomic E-state index is 0.620. The molecule has 0 aliphatic rings. The lowest BCUT2D eigenvalue weighted by atomic mass is 10.1. The van der Waals surface area contributed by atoms with Gasteiger partial charge in [0.05, 0.1) is 27.1 Å². The van der Waals surface area contributed by atoms with E-state index in [2.05, 4.69) is 40.5 Å². The number of hydrogen-bond acceptors (Lipinski definition) is 5. The van der Waals surface area contributed by atoms with Gasteiger partial charge in [-0.3, -0.25) is 9.97 Å². The van der Waals surface area contributed by atoms with Gasteiger partial charge in [0.1, 0.15) is 0 Å². The van der Waals surface area contributed by atoms with Gasteiger partial charge in [-0.1, -0.05) is 24.3 Å². The van der Waals surface area contributed by atoms with E-state index in [-0.39, 0.29) is 0 Å². The van der Waals surface area contributed by atoms with Gasteiger partial charge in [-0.05, 0) is 75.2 Å². The Labute approximate surface area is 181 Å². The molecule has 0 bridgehead atoms. The minimum Gasteiger partial charge on any atom is -0.311 e. The fourth-order valence-corrected chi connectivity index (χ4v) is 4.44. The van der Waals surface area contributed by atoms with Gasteiger partial charge in [-0.2, -0.15) is 0 Å². The second-order valence-electron chi connectivity index (χ2n) is 7.37. The van der Waals surface area contributed by atoms with Gasteiger partial charge in [-0.25, -0.2) is 4.21 Å². The van der Waals surface area contributed by atoms with E-state index in [4.69, 9.17) is 0 Å². The van der Waals surface area contributed by atoms with Crippen LogP contribution in [0.5, 0.6) is 0 Å². The van der Waals surface area contributed by atoms with Gasteiger partial charge in [0.15, 0.2) is 0 Å². The summed E-state index contributed by atoms with van der Waals surface area (Å²) in [5, 5.41) is 6.91. The van der Waals surface area contributed by atoms with E-state index in [1.54, 1.807) is 6.20 Å². The minimum atomic E-state index is -1.21. The SMILES string of the molecule is Cc1cnc(CNCCCCNCc2ncccc2S(=O)c2ccccc2)c(C)c1. The summed E-state index contributed by atoms with van der Waals surface area (Å²) in [6, 6.07) is 15.4. The molecule has 6 heteroatoms. The molecule has 0 aliphatic heterocycles. The van der Waals surface area contributed by atoms with Crippen LogP contribution in [0.2, 0.25) is 0 Å². The fraction of sp³-hybridized carbons (Fsp3) is 0.333. The van der Waals surface area contributed by atoms with Crippen LogP contribution in [0.3, 0.4) is 0 Å². The molecule has 1 aromatic carbocycles. The second kappa shape index (κ2) is 11.7. The zero-order valence-corrected chi connectivity index (χ0v) is 18.5. The molecule has 1 unspecified atom stereocenters. The molecule has 2 N–H and O–H groups in total. The first-order valence-electron chi connectivity index (χ1n) is 10.4. The van der Waals surface area contributed by atoms with Crippen LogP contribution in [0, 0.1) is 13.8 Å². The molecule has 0 fully saturated rings. The van der Waals surface area contributed by atoms with E-state index in [1.165, 1.54) is 11.1 Å². The van der Waals surface area contributed by atoms with E-state index in [1.807, 2.05) is 48.7 Å². The average molecular weight is 423 g/mol. The summed E-state index contributed by atoms with van der Waals surface area (Å²) in [5.74, 6) is 0. The summed E-state index contributed by atoms with van der Waals surface area (Å²) in [7, 11) is -1.21. The van der Waals surface area contributed by atoms with Crippen LogP contribution in [0.25, 0.3) is 0 Å². The molecule has 0 saturated heterocycles. The predicted octanol–water partition coefficient (Wildman–Crippen LogP) is 3.92. The lowest BCUT2D eigenvalue weighted by Gasteiger charge is -2.10. The zero-order chi connectivity index (χ0) is 21.2. The predicted molar refractivity (Wildman–Crippen MR) is 122 cm³/mol. The van der Waals surface area contributed by atoms with E-state index in [0.29, 0.717) is 6.54 Å². The van der Waals surface area contributed by atoms with Crippen molar-refractivity contribution in [1.82, 2.24) is 20.6 Å². The Balaban J connectivity index is 1.37. The molecule has 0 spiro atoms. The molecular weight excluding hydrogens is 392 g/mol. The van der Waals surface area contributed by atoms with Crippen LogP contribution in [-0.2, 0) is 23.9 Å². The first-order chi connectivity index (χ1) is 14.6. The number of rotatable bonds is 11. The highest BCUT2D eigenvalue weighted by Crippen LogP contribution is 2.18. The summed E-state index contributed by atoms with van der Waals surface area (Å²) in [4.78, 5) is 10.5. The van der Waals surface area contributed by atoms with Crippen LogP contribution in [0.1, 0.15) is 35.4 Å². The van der Waals surface area contributed by atoms with Gasteiger partial charge in [0, 0.05) is 30.4 Å². The smallest absolute Gasteiger partial charge is 0.0868 e. The molecule has 158 valence electrons. The van der Waals surface area contributed by atoms with Crippen LogP contribution in [0.15, 0.2) is 70.7 Å². The van der Waals surface area contributed by atoms with Crippen molar-refractivity contribution in [2.75, 3.05) is 13.1 Å². The number of nitrogens with one attached hydrogen (secondary N) is 2. The molecule has 3 rings (SSSR count). The Morgan fingerprint density at radius 2 is 1.57 bits per heavy atom. The van der Waals surface area contributed by atoms with Gasteiger partial charge in [0.25, 0.3) is 0 Å². The highest BCUT2D eigenvalue weighted by Gasteiger charge is 2.12. The fourth-order valence-electron chi connectivity index (χ4n) is 3.24. The molecule has 3 aromatic rings. The van der Waals surface area contributed by atoms with Crippen LogP contribution < -0.4 is 10.6 Å². The Hall–Kier alpha value is -2.41. The number of pyridine rings is 2. The van der Waals surface area contributed by atoms with Crippen molar-refractivity contribution in [1.29, 1.82) is 0 Å². The maximum Gasteiger partial charge on any atom is 0.0868 e. The molecule has 2 aromatic heterocycles. The van der Waals surface area contributed by atoms with Crippen LogP contribution in [0.4, 0.5) is 0 Å². The van der Waals surface area contributed by atoms with E-state index >= 15 is 0 Å². The quantitative estimate of drug-likeness (QED) is 0.459. The third kappa shape index (κ3) is 6.55. The number of aryl methyl sites for hydroxylation is 2. The van der Waals surface area contributed by atoms with Crippen molar-refractivity contribution in [3.63, 3.8) is 0 Å². The molecule has 1 atom stereocenters. The average Bonchev–Trinajstić information content (AvgIpc) is 2.77. The number of nitrogens with zero attached hydrogens (tertiary/aromatic N) is 2. The summed E-state index contributed by atoms with van der Waals surface area (Å²) in [5.41, 5.74) is 4.40. The molecule has 0 amide bonds. The third-order valence-corrected chi connectivity index (χ3v) is 6.34. The number of unbranched alkanes of at least 4 members (excludes halogenated alkanes) is 1. The van der Waals surface area contributed by atoms with Gasteiger partial charge in [-0.15, -0.1) is 0 Å². The first-order valence-corrected chi connectivity index (χ1v) is 11.5. The first kappa shape index (κ1) is 22.3. The van der Waals surface area contributed by atoms with Crippen molar-refractivity contribution in [3.8, 4) is 0 Å². The van der Waals surface area contributed by atoms with Crippen molar-refractivity contribution in [2.45, 2.75) is 49.6 Å². The molecule has 30 heavy (non-hydrogen) atoms. The topological polar surface area (TPSA) is 66.9 Å². The van der Waals surface area contributed by atoms with Crippen molar-refractivity contribution in [3.05, 3.63) is 83.4 Å². The van der Waals surface area contributed by atoms with Gasteiger partial charge in [0.2, 0.25) is 0 Å². The number of benzene rings is 1. The van der Waals surface area contributed by atoms with Gasteiger partial charge >= 0.3 is 0 Å².